The molecule has 1 saturated heterocycles. The van der Waals surface area contributed by atoms with Crippen LogP contribution in [0, 0.1) is 0 Å². The Bertz CT molecular complexity index is 426. The number of carbonyl (C=O) groups is 1. The van der Waals surface area contributed by atoms with Gasteiger partial charge in [0.05, 0.1) is 0 Å². The molecule has 110 valence electrons. The van der Waals surface area contributed by atoms with Gasteiger partial charge in [-0.15, -0.1) is 0 Å². The molecule has 0 aliphatic carbocycles. The molecule has 1 N–H and O–H groups in total. The zero-order valence-corrected chi connectivity index (χ0v) is 12.7. The Hall–Kier alpha value is -0.960. The molecule has 1 aromatic rings. The van der Waals surface area contributed by atoms with Gasteiger partial charge in [0.25, 0.3) is 0 Å². The van der Waals surface area contributed by atoms with E-state index in [-0.39, 0.29) is 18.6 Å². The summed E-state index contributed by atoms with van der Waals surface area (Å²) in [5, 5.41) is 9.98. The van der Waals surface area contributed by atoms with E-state index in [0.717, 1.165) is 31.2 Å². The summed E-state index contributed by atoms with van der Waals surface area (Å²) in [6.45, 7) is 0.283. The van der Waals surface area contributed by atoms with Gasteiger partial charge in [-0.25, -0.2) is 4.67 Å². The molecule has 1 aliphatic heterocycles. The molecule has 1 heterocycles. The molecule has 0 aromatic heterocycles. The molecular weight excluding hydrogens is 273 g/mol. The van der Waals surface area contributed by atoms with Crippen LogP contribution in [0.4, 0.5) is 0 Å². The normalized spacial score (nSPS) is 24.7. The van der Waals surface area contributed by atoms with Crippen molar-refractivity contribution < 1.29 is 14.6 Å². The minimum atomic E-state index is -0.588. The molecule has 3 atom stereocenters. The zero-order chi connectivity index (χ0) is 14.4. The van der Waals surface area contributed by atoms with E-state index in [9.17, 15) is 9.90 Å². The summed E-state index contributed by atoms with van der Waals surface area (Å²) < 4.78 is 7.04. The fourth-order valence-corrected chi connectivity index (χ4v) is 2.83. The largest absolute Gasteiger partial charge is 0.460 e. The van der Waals surface area contributed by atoms with Gasteiger partial charge in [-0.1, -0.05) is 52.6 Å². The smallest absolute Gasteiger partial charge is 0.324 e. The van der Waals surface area contributed by atoms with Crippen molar-refractivity contribution >= 4 is 15.4 Å². The molecule has 0 radical (unpaired) electrons. The van der Waals surface area contributed by atoms with Gasteiger partial charge in [0, 0.05) is 0 Å². The third kappa shape index (κ3) is 4.27. The number of nitrogens with zero attached hydrogens (tertiary/aromatic N) is 1. The Morgan fingerprint density at radius 3 is 2.70 bits per heavy atom. The van der Waals surface area contributed by atoms with E-state index >= 15 is 0 Å². The molecule has 1 fully saturated rings. The second-order valence-corrected chi connectivity index (χ2v) is 5.77. The highest BCUT2D eigenvalue weighted by Crippen LogP contribution is 2.24. The summed E-state index contributed by atoms with van der Waals surface area (Å²) >= 11 is 0. The average Bonchev–Trinajstić information content (AvgIpc) is 2.47. The van der Waals surface area contributed by atoms with Crippen LogP contribution >= 0.6 is 9.39 Å². The van der Waals surface area contributed by atoms with Crippen LogP contribution in [0.1, 0.15) is 37.7 Å². The van der Waals surface area contributed by atoms with Crippen LogP contribution in [-0.4, -0.2) is 28.0 Å². The summed E-state index contributed by atoms with van der Waals surface area (Å²) in [7, 11) is 2.47. The van der Waals surface area contributed by atoms with Crippen molar-refractivity contribution in [1.29, 1.82) is 0 Å². The van der Waals surface area contributed by atoms with E-state index in [1.165, 1.54) is 0 Å². The molecule has 0 saturated carbocycles. The van der Waals surface area contributed by atoms with Crippen molar-refractivity contribution in [3.05, 3.63) is 35.9 Å². The van der Waals surface area contributed by atoms with Crippen LogP contribution in [0.15, 0.2) is 30.3 Å². The standard InChI is InChI=1S/C15H22NO3P/c17-14-10-6-2-5-9-13(16(14)20)15(18)19-11-12-7-3-1-4-8-12/h1,3-4,7-8,13-14,17H,2,5-6,9-11,20H2. The summed E-state index contributed by atoms with van der Waals surface area (Å²) in [6, 6.07) is 9.26. The second kappa shape index (κ2) is 7.72. The lowest BCUT2D eigenvalue weighted by atomic mass is 10.0. The fourth-order valence-electron chi connectivity index (χ4n) is 2.41. The quantitative estimate of drug-likeness (QED) is 0.687. The second-order valence-electron chi connectivity index (χ2n) is 5.17. The first kappa shape index (κ1) is 15.4. The van der Waals surface area contributed by atoms with Gasteiger partial charge >= 0.3 is 5.97 Å². The third-order valence-corrected chi connectivity index (χ3v) is 4.34. The first-order valence-corrected chi connectivity index (χ1v) is 7.62. The third-order valence-electron chi connectivity index (χ3n) is 3.64. The summed E-state index contributed by atoms with van der Waals surface area (Å²) in [5.41, 5.74) is 0.975. The lowest BCUT2D eigenvalue weighted by molar-refractivity contribution is -0.152. The van der Waals surface area contributed by atoms with E-state index in [1.807, 2.05) is 30.3 Å². The minimum absolute atomic E-state index is 0.259. The van der Waals surface area contributed by atoms with Gasteiger partial charge in [0.2, 0.25) is 0 Å². The summed E-state index contributed by atoms with van der Waals surface area (Å²) in [4.78, 5) is 12.2. The molecule has 4 nitrogen and oxygen atoms in total. The molecule has 0 amide bonds. The summed E-state index contributed by atoms with van der Waals surface area (Å²) in [6.07, 6.45) is 3.88. The van der Waals surface area contributed by atoms with Crippen LogP contribution in [0.5, 0.6) is 0 Å². The van der Waals surface area contributed by atoms with E-state index in [4.69, 9.17) is 4.74 Å². The number of carbonyl (C=O) groups excluding carboxylic acids is 1. The van der Waals surface area contributed by atoms with Gasteiger partial charge in [0.15, 0.2) is 0 Å². The van der Waals surface area contributed by atoms with Crippen LogP contribution < -0.4 is 0 Å². The van der Waals surface area contributed by atoms with Crippen molar-refractivity contribution in [2.45, 2.75) is 51.0 Å². The van der Waals surface area contributed by atoms with Crippen molar-refractivity contribution in [3.63, 3.8) is 0 Å². The molecule has 20 heavy (non-hydrogen) atoms. The number of esters is 1. The molecule has 3 unspecified atom stereocenters. The lowest BCUT2D eigenvalue weighted by Crippen LogP contribution is -2.42. The number of rotatable bonds is 3. The first-order valence-electron chi connectivity index (χ1n) is 7.10. The van der Waals surface area contributed by atoms with E-state index in [0.29, 0.717) is 6.42 Å². The Balaban J connectivity index is 1.92. The Labute approximate surface area is 122 Å². The molecular formula is C15H22NO3P. The predicted octanol–water partition coefficient (Wildman–Crippen LogP) is 2.47. The number of aliphatic hydroxyl groups is 1. The number of benzene rings is 1. The molecule has 1 aliphatic rings. The number of hydrogen-bond acceptors (Lipinski definition) is 4. The highest BCUT2D eigenvalue weighted by atomic mass is 31.0. The Kier molecular flexibility index (Phi) is 5.96. The monoisotopic (exact) mass is 295 g/mol. The maximum atomic E-state index is 12.2. The highest BCUT2D eigenvalue weighted by Gasteiger charge is 2.30. The van der Waals surface area contributed by atoms with Crippen molar-refractivity contribution in [2.75, 3.05) is 0 Å². The maximum Gasteiger partial charge on any atom is 0.324 e. The fraction of sp³-hybridized carbons (Fsp3) is 0.533. The van der Waals surface area contributed by atoms with E-state index in [2.05, 4.69) is 9.39 Å². The molecule has 0 spiro atoms. The van der Waals surface area contributed by atoms with Gasteiger partial charge < -0.3 is 9.84 Å². The van der Waals surface area contributed by atoms with Crippen LogP contribution in [0.3, 0.4) is 0 Å². The van der Waals surface area contributed by atoms with Gasteiger partial charge in [0.1, 0.15) is 18.9 Å². The lowest BCUT2D eigenvalue weighted by Gasteiger charge is -2.32. The average molecular weight is 295 g/mol. The molecule has 5 heteroatoms. The zero-order valence-electron chi connectivity index (χ0n) is 11.6. The molecule has 1 aromatic carbocycles. The topological polar surface area (TPSA) is 49.8 Å². The number of aliphatic hydroxyl groups excluding tert-OH is 1. The Morgan fingerprint density at radius 1 is 1.25 bits per heavy atom. The van der Waals surface area contributed by atoms with Crippen molar-refractivity contribution in [2.24, 2.45) is 0 Å². The minimum Gasteiger partial charge on any atom is -0.460 e. The molecule has 2 rings (SSSR count). The van der Waals surface area contributed by atoms with E-state index in [1.54, 1.807) is 4.67 Å². The van der Waals surface area contributed by atoms with Gasteiger partial charge in [-0.05, 0) is 24.8 Å². The maximum absolute atomic E-state index is 12.2. The van der Waals surface area contributed by atoms with Crippen molar-refractivity contribution in [1.82, 2.24) is 4.67 Å². The van der Waals surface area contributed by atoms with E-state index < -0.39 is 6.23 Å². The SMILES string of the molecule is O=C(OCc1ccccc1)C1CCCCCC(O)N1P. The van der Waals surface area contributed by atoms with Crippen LogP contribution in [0.2, 0.25) is 0 Å². The predicted molar refractivity (Wildman–Crippen MR) is 80.7 cm³/mol. The molecule has 0 bridgehead atoms. The Morgan fingerprint density at radius 2 is 1.95 bits per heavy atom. The summed E-state index contributed by atoms with van der Waals surface area (Å²) in [5.74, 6) is -0.259. The first-order chi connectivity index (χ1) is 9.68. The number of hydrogen-bond donors (Lipinski definition) is 1. The van der Waals surface area contributed by atoms with Crippen LogP contribution in [0.25, 0.3) is 0 Å². The van der Waals surface area contributed by atoms with Crippen LogP contribution in [-0.2, 0) is 16.1 Å². The van der Waals surface area contributed by atoms with Gasteiger partial charge in [-0.2, -0.15) is 0 Å². The number of ether oxygens (including phenoxy) is 1. The van der Waals surface area contributed by atoms with Gasteiger partial charge in [-0.3, -0.25) is 4.79 Å². The van der Waals surface area contributed by atoms with Crippen molar-refractivity contribution in [3.8, 4) is 0 Å². The highest BCUT2D eigenvalue weighted by molar-refractivity contribution is 7.13.